The Balaban J connectivity index is 1.34. The van der Waals surface area contributed by atoms with Crippen LogP contribution in [0.15, 0.2) is 66.7 Å². The van der Waals surface area contributed by atoms with E-state index >= 15 is 0 Å². The first-order valence-electron chi connectivity index (χ1n) is 15.2. The molecule has 47 heavy (non-hydrogen) atoms. The molecule has 2 atom stereocenters. The molecular weight excluding hydrogens is 656 g/mol. The highest BCUT2D eigenvalue weighted by atomic mass is 35.5. The lowest BCUT2D eigenvalue weighted by Crippen LogP contribution is -2.56. The lowest BCUT2D eigenvalue weighted by Gasteiger charge is -2.37. The summed E-state index contributed by atoms with van der Waals surface area (Å²) in [6.07, 6.45) is -0.441. The van der Waals surface area contributed by atoms with Gasteiger partial charge in [0.25, 0.3) is 5.92 Å². The lowest BCUT2D eigenvalue weighted by molar-refractivity contribution is -0.142. The molecule has 8 nitrogen and oxygen atoms in total. The third-order valence-corrected chi connectivity index (χ3v) is 9.22. The molecule has 248 valence electrons. The number of carbonyl (C=O) groups is 4. The highest BCUT2D eigenvalue weighted by Crippen LogP contribution is 2.31. The van der Waals surface area contributed by atoms with Crippen molar-refractivity contribution >= 4 is 52.4 Å². The van der Waals surface area contributed by atoms with Crippen LogP contribution in [0.1, 0.15) is 47.2 Å². The van der Waals surface area contributed by atoms with E-state index in [-0.39, 0.29) is 68.2 Å². The van der Waals surface area contributed by atoms with Crippen molar-refractivity contribution in [2.75, 3.05) is 25.0 Å². The van der Waals surface area contributed by atoms with Crippen LogP contribution >= 0.6 is 23.2 Å². The monoisotopic (exact) mass is 688 g/mol. The maximum atomic E-state index is 14.8. The Hall–Kier alpha value is -3.93. The average molecular weight is 690 g/mol. The molecule has 0 bridgehead atoms. The van der Waals surface area contributed by atoms with Crippen LogP contribution in [0.2, 0.25) is 10.0 Å². The summed E-state index contributed by atoms with van der Waals surface area (Å²) in [5.41, 5.74) is 1.89. The van der Waals surface area contributed by atoms with Crippen molar-refractivity contribution in [2.24, 2.45) is 0 Å². The number of Topliss-reactive ketones (excluding diaryl/α,β-unsaturated/α-hetero) is 1. The number of amides is 3. The largest absolute Gasteiger partial charge is 0.342 e. The number of likely N-dealkylation sites (tertiary alicyclic amines) is 1. The van der Waals surface area contributed by atoms with E-state index in [2.05, 4.69) is 10.6 Å². The Bertz CT molecular complexity index is 1660. The number of hydrogen-bond donors (Lipinski definition) is 2. The first-order chi connectivity index (χ1) is 22.4. The molecule has 13 heteroatoms. The maximum absolute atomic E-state index is 14.8. The van der Waals surface area contributed by atoms with E-state index in [0.717, 1.165) is 11.1 Å². The summed E-state index contributed by atoms with van der Waals surface area (Å²) < 4.78 is 42.5. The first-order valence-corrected chi connectivity index (χ1v) is 16.0. The molecule has 3 aromatic carbocycles. The molecule has 1 fully saturated rings. The summed E-state index contributed by atoms with van der Waals surface area (Å²) in [5, 5.41) is 4.66. The van der Waals surface area contributed by atoms with Gasteiger partial charge in [-0.25, -0.2) is 13.2 Å². The van der Waals surface area contributed by atoms with E-state index in [1.807, 2.05) is 24.3 Å². The predicted molar refractivity (Wildman–Crippen MR) is 172 cm³/mol. The molecule has 3 amide bonds. The molecule has 0 unspecified atom stereocenters. The number of benzene rings is 3. The van der Waals surface area contributed by atoms with E-state index in [9.17, 15) is 32.3 Å². The van der Waals surface area contributed by atoms with Crippen LogP contribution in [-0.4, -0.2) is 70.9 Å². The molecular formula is C34H33Cl2F3N4O4. The van der Waals surface area contributed by atoms with Gasteiger partial charge in [-0.15, -0.1) is 0 Å². The van der Waals surface area contributed by atoms with Crippen LogP contribution in [0.4, 0.5) is 18.9 Å². The number of nitrogens with zero attached hydrogens (tertiary/aromatic N) is 2. The zero-order chi connectivity index (χ0) is 33.7. The highest BCUT2D eigenvalue weighted by Gasteiger charge is 2.39. The summed E-state index contributed by atoms with van der Waals surface area (Å²) in [4.78, 5) is 56.5. The number of alkyl halides is 2. The second kappa shape index (κ2) is 14.9. The van der Waals surface area contributed by atoms with Crippen LogP contribution in [0, 0.1) is 5.82 Å². The summed E-state index contributed by atoms with van der Waals surface area (Å²) in [5.74, 6) is -5.91. The number of ketones is 1. The molecule has 0 spiro atoms. The molecule has 0 aliphatic carbocycles. The zero-order valence-corrected chi connectivity index (χ0v) is 26.8. The second-order valence-corrected chi connectivity index (χ2v) is 12.5. The molecule has 0 aromatic heterocycles. The average Bonchev–Trinajstić information content (AvgIpc) is 3.43. The summed E-state index contributed by atoms with van der Waals surface area (Å²) in [6, 6.07) is 16.1. The minimum absolute atomic E-state index is 0.0511. The fourth-order valence-corrected chi connectivity index (χ4v) is 6.15. The van der Waals surface area contributed by atoms with Gasteiger partial charge < -0.3 is 15.5 Å². The summed E-state index contributed by atoms with van der Waals surface area (Å²) in [6.45, 7) is -0.212. The van der Waals surface area contributed by atoms with Gasteiger partial charge in [-0.3, -0.25) is 24.1 Å². The minimum atomic E-state index is -2.86. The van der Waals surface area contributed by atoms with Crippen molar-refractivity contribution < 1.29 is 32.3 Å². The van der Waals surface area contributed by atoms with Gasteiger partial charge >= 0.3 is 0 Å². The lowest BCUT2D eigenvalue weighted by atomic mass is 9.92. The second-order valence-electron chi connectivity index (χ2n) is 11.7. The fourth-order valence-electron chi connectivity index (χ4n) is 5.84. The number of nitrogens with one attached hydrogen (secondary N) is 2. The van der Waals surface area contributed by atoms with Gasteiger partial charge in [-0.2, -0.15) is 0 Å². The maximum Gasteiger partial charge on any atom is 0.261 e. The highest BCUT2D eigenvalue weighted by molar-refractivity contribution is 6.42. The molecule has 3 aromatic rings. The molecule has 0 saturated carbocycles. The number of fused-ring (bicyclic) bond motifs is 1. The Morgan fingerprint density at radius 3 is 2.34 bits per heavy atom. The number of anilines is 1. The first kappa shape index (κ1) is 34.4. The Morgan fingerprint density at radius 1 is 0.936 bits per heavy atom. The third kappa shape index (κ3) is 8.51. The van der Waals surface area contributed by atoms with Crippen LogP contribution in [0.3, 0.4) is 0 Å². The van der Waals surface area contributed by atoms with Crippen LogP contribution in [0.25, 0.3) is 0 Å². The standard InChI is InChI=1S/C34H33Cl2F3N4O4/c35-24-10-11-25(31(37)30(24)36)40-32(46)26(14-16-42-17-15-34(38,39)20-42)41-33(47)27-18-22-8-4-5-9-23(22)19-43(27)29(45)13-12-28(44)21-6-2-1-3-7-21/h1-11,26-27H,12-20H2,(H,40,46)(H,41,47)/t26-,27-/m0/s1. The summed E-state index contributed by atoms with van der Waals surface area (Å²) in [7, 11) is 0. The van der Waals surface area contributed by atoms with Gasteiger partial charge in [0.2, 0.25) is 17.7 Å². The SMILES string of the molecule is O=C(CCC(=O)N1Cc2ccccc2C[C@H]1C(=O)N[C@@H](CCN1CCC(F)(F)C1)C(=O)Nc1ccc(Cl)c(Cl)c1F)c1ccccc1. The fraction of sp³-hybridized carbons (Fsp3) is 0.353. The number of rotatable bonds is 11. The Labute approximate surface area is 280 Å². The molecule has 1 saturated heterocycles. The van der Waals surface area contributed by atoms with Gasteiger partial charge in [0.05, 0.1) is 22.3 Å². The quantitative estimate of drug-likeness (QED) is 0.193. The molecule has 2 heterocycles. The van der Waals surface area contributed by atoms with Crippen LogP contribution in [-0.2, 0) is 27.3 Å². The van der Waals surface area contributed by atoms with Crippen LogP contribution in [0.5, 0.6) is 0 Å². The van der Waals surface area contributed by atoms with E-state index < -0.39 is 53.1 Å². The number of carbonyl (C=O) groups excluding carboxylic acids is 4. The van der Waals surface area contributed by atoms with Crippen molar-refractivity contribution in [1.29, 1.82) is 0 Å². The van der Waals surface area contributed by atoms with Crippen molar-refractivity contribution in [3.63, 3.8) is 0 Å². The third-order valence-electron chi connectivity index (χ3n) is 8.44. The van der Waals surface area contributed by atoms with Crippen molar-refractivity contribution in [3.05, 3.63) is 99.3 Å². The van der Waals surface area contributed by atoms with Gasteiger partial charge in [0.15, 0.2) is 11.6 Å². The van der Waals surface area contributed by atoms with Gasteiger partial charge in [0, 0.05) is 50.9 Å². The van der Waals surface area contributed by atoms with Crippen molar-refractivity contribution in [1.82, 2.24) is 15.1 Å². The predicted octanol–water partition coefficient (Wildman–Crippen LogP) is 5.90. The van der Waals surface area contributed by atoms with Crippen molar-refractivity contribution in [2.45, 2.75) is 56.7 Å². The molecule has 0 radical (unpaired) electrons. The number of halogens is 5. The Morgan fingerprint density at radius 2 is 1.64 bits per heavy atom. The molecule has 5 rings (SSSR count). The molecule has 2 N–H and O–H groups in total. The van der Waals surface area contributed by atoms with Crippen molar-refractivity contribution in [3.8, 4) is 0 Å². The van der Waals surface area contributed by atoms with Crippen LogP contribution < -0.4 is 10.6 Å². The summed E-state index contributed by atoms with van der Waals surface area (Å²) >= 11 is 11.8. The molecule has 2 aliphatic heterocycles. The smallest absolute Gasteiger partial charge is 0.261 e. The van der Waals surface area contributed by atoms with E-state index in [4.69, 9.17) is 23.2 Å². The van der Waals surface area contributed by atoms with E-state index in [1.54, 1.807) is 30.3 Å². The van der Waals surface area contributed by atoms with E-state index in [0.29, 0.717) is 5.56 Å². The topological polar surface area (TPSA) is 98.8 Å². The van der Waals surface area contributed by atoms with Gasteiger partial charge in [-0.1, -0.05) is 77.8 Å². The Kier molecular flexibility index (Phi) is 10.9. The normalized spacial score (nSPS) is 17.9. The van der Waals surface area contributed by atoms with E-state index in [1.165, 1.54) is 21.9 Å². The molecule has 2 aliphatic rings. The number of hydrogen-bond acceptors (Lipinski definition) is 5. The minimum Gasteiger partial charge on any atom is -0.342 e. The van der Waals surface area contributed by atoms with Gasteiger partial charge in [-0.05, 0) is 29.7 Å². The van der Waals surface area contributed by atoms with Gasteiger partial charge in [0.1, 0.15) is 12.1 Å². The zero-order valence-electron chi connectivity index (χ0n) is 25.3.